The molecule has 0 saturated heterocycles. The van der Waals surface area contributed by atoms with Gasteiger partial charge in [-0.2, -0.15) is 13.2 Å². The van der Waals surface area contributed by atoms with Crippen LogP contribution in [0.1, 0.15) is 5.56 Å². The van der Waals surface area contributed by atoms with Crippen molar-refractivity contribution >= 4 is 5.69 Å². The maximum absolute atomic E-state index is 12.7. The smallest absolute Gasteiger partial charge is 0.166 e. The average Bonchev–Trinajstić information content (AvgIpc) is 2.37. The van der Waals surface area contributed by atoms with Gasteiger partial charge in [0.2, 0.25) is 0 Å². The topological polar surface area (TPSA) is 29.4 Å². The van der Waals surface area contributed by atoms with E-state index < -0.39 is 17.4 Å². The van der Waals surface area contributed by atoms with Crippen LogP contribution in [0.15, 0.2) is 53.7 Å². The Kier molecular flexibility index (Phi) is 3.14. The molecule has 0 aliphatic rings. The molecule has 2 rings (SSSR count). The molecule has 0 heterocycles. The Morgan fingerprint density at radius 1 is 0.889 bits per heavy atom. The maximum Gasteiger partial charge on any atom is 0.418 e. The van der Waals surface area contributed by atoms with Crippen LogP contribution in [-0.2, 0) is 6.18 Å². The van der Waals surface area contributed by atoms with E-state index in [1.807, 2.05) is 0 Å². The number of hydrogen-bond donors (Lipinski definition) is 0. The number of nitroso groups, excluding NO2 is 1. The Hall–Kier alpha value is -2.17. The molecular formula is C13H8F3NO. The van der Waals surface area contributed by atoms with E-state index in [0.29, 0.717) is 5.56 Å². The summed E-state index contributed by atoms with van der Waals surface area (Å²) >= 11 is 0. The van der Waals surface area contributed by atoms with E-state index in [1.54, 1.807) is 30.3 Å². The molecule has 18 heavy (non-hydrogen) atoms. The van der Waals surface area contributed by atoms with Gasteiger partial charge < -0.3 is 0 Å². The minimum atomic E-state index is -4.59. The van der Waals surface area contributed by atoms with Crippen molar-refractivity contribution in [3.63, 3.8) is 0 Å². The van der Waals surface area contributed by atoms with Gasteiger partial charge in [-0.15, -0.1) is 4.91 Å². The molecule has 0 saturated carbocycles. The molecule has 0 spiro atoms. The van der Waals surface area contributed by atoms with Crippen molar-refractivity contribution in [3.05, 3.63) is 59.0 Å². The first kappa shape index (κ1) is 12.3. The van der Waals surface area contributed by atoms with Gasteiger partial charge in [0.15, 0.2) is 0 Å². The highest BCUT2D eigenvalue weighted by atomic mass is 19.4. The minimum absolute atomic E-state index is 0.181. The number of benzene rings is 2. The summed E-state index contributed by atoms with van der Waals surface area (Å²) in [5.41, 5.74) is -0.881. The van der Waals surface area contributed by atoms with Gasteiger partial charge in [-0.05, 0) is 16.8 Å². The lowest BCUT2D eigenvalue weighted by Gasteiger charge is -2.11. The van der Waals surface area contributed by atoms with Crippen LogP contribution in [0.25, 0.3) is 11.1 Å². The Bertz CT molecular complexity index is 564. The van der Waals surface area contributed by atoms with Crippen LogP contribution < -0.4 is 0 Å². The largest absolute Gasteiger partial charge is 0.418 e. The van der Waals surface area contributed by atoms with Crippen LogP contribution >= 0.6 is 0 Å². The Morgan fingerprint density at radius 2 is 1.56 bits per heavy atom. The van der Waals surface area contributed by atoms with Crippen molar-refractivity contribution in [1.82, 2.24) is 0 Å². The summed E-state index contributed by atoms with van der Waals surface area (Å²) in [5, 5.41) is 2.54. The van der Waals surface area contributed by atoms with E-state index in [1.165, 1.54) is 12.1 Å². The van der Waals surface area contributed by atoms with Gasteiger partial charge in [-0.25, -0.2) is 0 Å². The van der Waals surface area contributed by atoms with Crippen LogP contribution in [0.3, 0.4) is 0 Å². The molecule has 2 aromatic carbocycles. The van der Waals surface area contributed by atoms with Gasteiger partial charge in [0.25, 0.3) is 0 Å². The van der Waals surface area contributed by atoms with Gasteiger partial charge in [-0.3, -0.25) is 0 Å². The van der Waals surface area contributed by atoms with Crippen LogP contribution in [-0.4, -0.2) is 0 Å². The summed E-state index contributed by atoms with van der Waals surface area (Å²) in [6.45, 7) is 0. The Labute approximate surface area is 101 Å². The Balaban J connectivity index is 2.67. The van der Waals surface area contributed by atoms with E-state index in [-0.39, 0.29) is 5.56 Å². The van der Waals surface area contributed by atoms with Crippen molar-refractivity contribution in [2.45, 2.75) is 6.18 Å². The first-order valence-electron chi connectivity index (χ1n) is 5.13. The molecule has 92 valence electrons. The predicted molar refractivity (Wildman–Crippen MR) is 62.3 cm³/mol. The van der Waals surface area contributed by atoms with E-state index >= 15 is 0 Å². The minimum Gasteiger partial charge on any atom is -0.166 e. The van der Waals surface area contributed by atoms with Crippen molar-refractivity contribution in [2.75, 3.05) is 0 Å². The second kappa shape index (κ2) is 4.60. The standard InChI is InChI=1S/C13H8F3NO/c14-13(15,16)11-8-4-7-10(12(11)17-18)9-5-2-1-3-6-9/h1-8H. The monoisotopic (exact) mass is 251 g/mol. The molecule has 2 nitrogen and oxygen atoms in total. The third kappa shape index (κ3) is 2.25. The zero-order chi connectivity index (χ0) is 13.2. The van der Waals surface area contributed by atoms with Crippen LogP contribution in [0, 0.1) is 4.91 Å². The molecule has 0 N–H and O–H groups in total. The molecular weight excluding hydrogens is 243 g/mol. The van der Waals surface area contributed by atoms with E-state index in [0.717, 1.165) is 6.07 Å². The van der Waals surface area contributed by atoms with Crippen LogP contribution in [0.4, 0.5) is 18.9 Å². The molecule has 2 aromatic rings. The van der Waals surface area contributed by atoms with Crippen LogP contribution in [0.5, 0.6) is 0 Å². The molecule has 0 atom stereocenters. The lowest BCUT2D eigenvalue weighted by molar-refractivity contribution is -0.137. The summed E-state index contributed by atoms with van der Waals surface area (Å²) in [5.74, 6) is 0. The molecule has 0 aliphatic heterocycles. The van der Waals surface area contributed by atoms with Gasteiger partial charge >= 0.3 is 6.18 Å². The van der Waals surface area contributed by atoms with Crippen molar-refractivity contribution in [1.29, 1.82) is 0 Å². The lowest BCUT2D eigenvalue weighted by atomic mass is 10.00. The fraction of sp³-hybridized carbons (Fsp3) is 0.0769. The van der Waals surface area contributed by atoms with Gasteiger partial charge in [-0.1, -0.05) is 42.5 Å². The third-order valence-electron chi connectivity index (χ3n) is 2.52. The first-order valence-corrected chi connectivity index (χ1v) is 5.13. The summed E-state index contributed by atoms with van der Waals surface area (Å²) in [6, 6.07) is 11.9. The Morgan fingerprint density at radius 3 is 2.11 bits per heavy atom. The van der Waals surface area contributed by atoms with E-state index in [4.69, 9.17) is 0 Å². The van der Waals surface area contributed by atoms with Gasteiger partial charge in [0, 0.05) is 5.56 Å². The number of rotatable bonds is 2. The number of nitrogens with zero attached hydrogens (tertiary/aromatic N) is 1. The fourth-order valence-electron chi connectivity index (χ4n) is 1.72. The third-order valence-corrected chi connectivity index (χ3v) is 2.52. The van der Waals surface area contributed by atoms with Crippen molar-refractivity contribution in [3.8, 4) is 11.1 Å². The van der Waals surface area contributed by atoms with Crippen molar-refractivity contribution in [2.24, 2.45) is 5.18 Å². The zero-order valence-corrected chi connectivity index (χ0v) is 9.11. The van der Waals surface area contributed by atoms with Crippen LogP contribution in [0.2, 0.25) is 0 Å². The number of hydrogen-bond acceptors (Lipinski definition) is 2. The molecule has 0 aromatic heterocycles. The SMILES string of the molecule is O=Nc1c(-c2ccccc2)cccc1C(F)(F)F. The molecule has 0 unspecified atom stereocenters. The van der Waals surface area contributed by atoms with E-state index in [9.17, 15) is 18.1 Å². The van der Waals surface area contributed by atoms with E-state index in [2.05, 4.69) is 5.18 Å². The fourth-order valence-corrected chi connectivity index (χ4v) is 1.72. The predicted octanol–water partition coefficient (Wildman–Crippen LogP) is 4.77. The summed E-state index contributed by atoms with van der Waals surface area (Å²) in [7, 11) is 0. The second-order valence-electron chi connectivity index (χ2n) is 3.66. The zero-order valence-electron chi connectivity index (χ0n) is 9.11. The maximum atomic E-state index is 12.7. The summed E-state index contributed by atoms with van der Waals surface area (Å²) in [4.78, 5) is 10.7. The second-order valence-corrected chi connectivity index (χ2v) is 3.66. The highest BCUT2D eigenvalue weighted by molar-refractivity contribution is 5.78. The quantitative estimate of drug-likeness (QED) is 0.707. The van der Waals surface area contributed by atoms with Crippen molar-refractivity contribution < 1.29 is 13.2 Å². The molecule has 0 amide bonds. The average molecular weight is 251 g/mol. The molecule has 0 aliphatic carbocycles. The summed E-state index contributed by atoms with van der Waals surface area (Å²) in [6.07, 6.45) is -4.59. The molecule has 0 fully saturated rings. The lowest BCUT2D eigenvalue weighted by Crippen LogP contribution is -2.05. The normalized spacial score (nSPS) is 11.3. The molecule has 5 heteroatoms. The number of halogens is 3. The highest BCUT2D eigenvalue weighted by Crippen LogP contribution is 2.41. The molecule has 0 bridgehead atoms. The highest BCUT2D eigenvalue weighted by Gasteiger charge is 2.35. The molecule has 0 radical (unpaired) electrons. The first-order chi connectivity index (χ1) is 8.54. The van der Waals surface area contributed by atoms with Gasteiger partial charge in [0.1, 0.15) is 5.69 Å². The number of alkyl halides is 3. The van der Waals surface area contributed by atoms with Gasteiger partial charge in [0.05, 0.1) is 5.56 Å². The summed E-state index contributed by atoms with van der Waals surface area (Å²) < 4.78 is 38.2.